The lowest BCUT2D eigenvalue weighted by molar-refractivity contribution is -0.0509. The van der Waals surface area contributed by atoms with E-state index in [9.17, 15) is 14.9 Å². The number of nitriles is 1. The average Bonchev–Trinajstić information content (AvgIpc) is 3.78. The van der Waals surface area contributed by atoms with Gasteiger partial charge >= 0.3 is 14.3 Å². The zero-order chi connectivity index (χ0) is 40.5. The summed E-state index contributed by atoms with van der Waals surface area (Å²) in [4.78, 5) is 44.2. The van der Waals surface area contributed by atoms with Crippen LogP contribution in [0.2, 0.25) is 36.3 Å². The molecular formula is C33H55N10O9PSi2. The van der Waals surface area contributed by atoms with Crippen LogP contribution >= 0.6 is 8.60 Å². The minimum absolute atomic E-state index is 0.00420. The minimum Gasteiger partial charge on any atom is -0.414 e. The van der Waals surface area contributed by atoms with E-state index in [2.05, 4.69) is 98.7 Å². The molecule has 0 aromatic carbocycles. The number of nitrogens with one attached hydrogen (secondary N) is 1. The molecule has 0 saturated carbocycles. The summed E-state index contributed by atoms with van der Waals surface area (Å²) in [6.07, 6.45) is -0.0989. The molecule has 5 N–H and O–H groups in total. The monoisotopic (exact) mass is 822 g/mol. The van der Waals surface area contributed by atoms with Gasteiger partial charge in [-0.1, -0.05) is 41.5 Å². The van der Waals surface area contributed by atoms with Crippen molar-refractivity contribution < 1.29 is 31.9 Å². The number of nitrogens with two attached hydrogens (primary N) is 2. The van der Waals surface area contributed by atoms with Crippen LogP contribution in [0.1, 0.15) is 73.3 Å². The maximum atomic E-state index is 12.8. The highest BCUT2D eigenvalue weighted by molar-refractivity contribution is 7.41. The summed E-state index contributed by atoms with van der Waals surface area (Å²) >= 11 is 0. The molecule has 5 heterocycles. The molecule has 2 fully saturated rings. The minimum atomic E-state index is -2.32. The first-order valence-corrected chi connectivity index (χ1v) is 25.2. The van der Waals surface area contributed by atoms with Crippen molar-refractivity contribution in [1.29, 1.82) is 5.26 Å². The number of aromatic nitrogens is 7. The van der Waals surface area contributed by atoms with Gasteiger partial charge in [0.15, 0.2) is 27.8 Å². The van der Waals surface area contributed by atoms with Crippen molar-refractivity contribution in [2.45, 2.75) is 134 Å². The van der Waals surface area contributed by atoms with E-state index in [1.165, 1.54) is 17.2 Å². The van der Waals surface area contributed by atoms with Gasteiger partial charge in [0, 0.05) is 12.8 Å². The van der Waals surface area contributed by atoms with Crippen molar-refractivity contribution in [1.82, 2.24) is 34.1 Å². The van der Waals surface area contributed by atoms with Crippen LogP contribution in [0.3, 0.4) is 0 Å². The lowest BCUT2D eigenvalue weighted by atomic mass is 10.2. The Morgan fingerprint density at radius 1 is 0.909 bits per heavy atom. The lowest BCUT2D eigenvalue weighted by Crippen LogP contribution is -2.46. The Morgan fingerprint density at radius 2 is 1.53 bits per heavy atom. The Bertz CT molecular complexity index is 1960. The predicted molar refractivity (Wildman–Crippen MR) is 209 cm³/mol. The molecule has 304 valence electrons. The normalized spacial score (nSPS) is 24.4. The topological polar surface area (TPSA) is 252 Å². The van der Waals surface area contributed by atoms with Crippen LogP contribution in [0.15, 0.2) is 22.2 Å². The maximum absolute atomic E-state index is 12.8. The smallest absolute Gasteiger partial charge is 0.354 e. The van der Waals surface area contributed by atoms with Crippen molar-refractivity contribution in [3.63, 3.8) is 0 Å². The Morgan fingerprint density at radius 3 is 2.16 bits per heavy atom. The van der Waals surface area contributed by atoms with Gasteiger partial charge in [-0.15, -0.1) is 0 Å². The number of aromatic amines is 1. The molecule has 3 aromatic rings. The molecule has 0 radical (unpaired) electrons. The third-order valence-corrected chi connectivity index (χ3v) is 21.0. The van der Waals surface area contributed by atoms with E-state index in [1.807, 2.05) is 0 Å². The fraction of sp³-hybridized carbons (Fsp3) is 0.727. The number of hydrogen-bond donors (Lipinski definition) is 3. The van der Waals surface area contributed by atoms with Crippen molar-refractivity contribution in [2.24, 2.45) is 0 Å². The largest absolute Gasteiger partial charge is 0.414 e. The highest BCUT2D eigenvalue weighted by atomic mass is 31.2. The number of nitrogens with zero attached hydrogens (tertiary/aromatic N) is 7. The first-order valence-electron chi connectivity index (χ1n) is 18.3. The molecule has 2 saturated heterocycles. The van der Waals surface area contributed by atoms with E-state index < -0.39 is 73.4 Å². The summed E-state index contributed by atoms with van der Waals surface area (Å²) in [5, 5.41) is 9.13. The summed E-state index contributed by atoms with van der Waals surface area (Å²) < 4.78 is 48.3. The molecule has 55 heavy (non-hydrogen) atoms. The zero-order valence-electron chi connectivity index (χ0n) is 33.3. The summed E-state index contributed by atoms with van der Waals surface area (Å²) in [7, 11) is -6.63. The van der Waals surface area contributed by atoms with Crippen LogP contribution in [0.4, 0.5) is 11.9 Å². The van der Waals surface area contributed by atoms with Crippen molar-refractivity contribution in [2.75, 3.05) is 31.3 Å². The van der Waals surface area contributed by atoms with Gasteiger partial charge in [-0.2, -0.15) is 15.2 Å². The Kier molecular flexibility index (Phi) is 13.1. The number of anilines is 2. The number of hydrogen-bond acceptors (Lipinski definition) is 16. The molecule has 2 aliphatic heterocycles. The standard InChI is InChI=1S/C33H55N10O9PSi2/c1-32(2,3)54(7,8)48-17-23-20(14-25(50-23)43-19-38-29(35)41-31(43)45)51-53(46-13-11-12-34)47-16-22-21(52-55(9,10)33(4,5)6)15-24(49-22)42-18-37-26-27(42)39-30(36)40-28(26)44/h18-25H,11,13-17H2,1-10H3,(H2,35,41,45)(H3,36,39,40,44)/t20-,21?,22-,23-,24-,25-,53?/m1/s1. The Balaban J connectivity index is 1.39. The molecule has 0 aliphatic carbocycles. The molecule has 3 aromatic heterocycles. The first-order chi connectivity index (χ1) is 25.6. The summed E-state index contributed by atoms with van der Waals surface area (Å²) in [6.45, 7) is 21.8. The van der Waals surface area contributed by atoms with Crippen molar-refractivity contribution in [3.05, 3.63) is 33.5 Å². The van der Waals surface area contributed by atoms with Crippen molar-refractivity contribution >= 4 is 48.3 Å². The Labute approximate surface area is 323 Å². The van der Waals surface area contributed by atoms with Crippen LogP contribution < -0.4 is 22.7 Å². The summed E-state index contributed by atoms with van der Waals surface area (Å²) in [5.41, 5.74) is 10.9. The number of fused-ring (bicyclic) bond motifs is 1. The molecule has 2 unspecified atom stereocenters. The van der Waals surface area contributed by atoms with Crippen LogP contribution in [-0.2, 0) is 31.9 Å². The van der Waals surface area contributed by atoms with Gasteiger partial charge in [0.1, 0.15) is 31.0 Å². The lowest BCUT2D eigenvalue weighted by Gasteiger charge is -2.39. The third-order valence-electron chi connectivity index (χ3n) is 10.8. The SMILES string of the molecule is CC(C)(C)[Si](C)(C)OC[C@H]1O[C@@H](n2cnc(N)nc2=O)C[C@H]1OP(OCCC#N)OC[C@H]1O[C@@H](n2cnc3c(=O)[nH]c(N)nc32)CC1O[Si](C)(C)C(C)(C)C. The van der Waals surface area contributed by atoms with Gasteiger partial charge in [0.2, 0.25) is 11.9 Å². The van der Waals surface area contributed by atoms with E-state index in [0.29, 0.717) is 6.42 Å². The third kappa shape index (κ3) is 10.0. The van der Waals surface area contributed by atoms with Crippen LogP contribution in [0.25, 0.3) is 11.2 Å². The molecule has 0 amide bonds. The van der Waals surface area contributed by atoms with Gasteiger partial charge in [0.25, 0.3) is 5.56 Å². The molecule has 0 spiro atoms. The molecule has 0 bridgehead atoms. The van der Waals surface area contributed by atoms with Gasteiger partial charge in [-0.05, 0) is 36.3 Å². The van der Waals surface area contributed by atoms with Gasteiger partial charge in [-0.3, -0.25) is 18.9 Å². The molecular weight excluding hydrogens is 768 g/mol. The second kappa shape index (κ2) is 16.7. The molecule has 22 heteroatoms. The van der Waals surface area contributed by atoms with E-state index >= 15 is 0 Å². The number of H-pyrrole nitrogens is 1. The van der Waals surface area contributed by atoms with E-state index in [4.69, 9.17) is 43.4 Å². The van der Waals surface area contributed by atoms with E-state index in [-0.39, 0.29) is 65.8 Å². The molecule has 5 rings (SSSR count). The number of rotatable bonds is 15. The first kappa shape index (κ1) is 43.0. The zero-order valence-corrected chi connectivity index (χ0v) is 36.2. The molecule has 19 nitrogen and oxygen atoms in total. The molecule has 7 atom stereocenters. The Hall–Kier alpha value is -3.17. The van der Waals surface area contributed by atoms with Crippen LogP contribution in [0, 0.1) is 11.3 Å². The van der Waals surface area contributed by atoms with Gasteiger partial charge < -0.3 is 43.4 Å². The maximum Gasteiger partial charge on any atom is 0.354 e. The van der Waals surface area contributed by atoms with Crippen LogP contribution in [-0.4, -0.2) is 94.9 Å². The average molecular weight is 823 g/mol. The highest BCUT2D eigenvalue weighted by Gasteiger charge is 2.47. The quantitative estimate of drug-likeness (QED) is 0.109. The van der Waals surface area contributed by atoms with Crippen molar-refractivity contribution in [3.8, 4) is 6.07 Å². The summed E-state index contributed by atoms with van der Waals surface area (Å²) in [6, 6.07) is 2.09. The highest BCUT2D eigenvalue weighted by Crippen LogP contribution is 2.48. The fourth-order valence-corrected chi connectivity index (χ4v) is 9.08. The van der Waals surface area contributed by atoms with Gasteiger partial charge in [-0.25, -0.2) is 14.8 Å². The molecule has 2 aliphatic rings. The second-order valence-electron chi connectivity index (χ2n) is 16.8. The summed E-state index contributed by atoms with van der Waals surface area (Å²) in [5.74, 6) is -0.182. The van der Waals surface area contributed by atoms with Crippen LogP contribution in [0.5, 0.6) is 0 Å². The van der Waals surface area contributed by atoms with E-state index in [1.54, 1.807) is 4.57 Å². The number of imidazole rings is 1. The number of nitrogen functional groups attached to an aromatic ring is 2. The second-order valence-corrected chi connectivity index (χ2v) is 27.5. The predicted octanol–water partition coefficient (Wildman–Crippen LogP) is 4.48. The number of ether oxygens (including phenoxy) is 2. The van der Waals surface area contributed by atoms with E-state index in [0.717, 1.165) is 0 Å². The van der Waals surface area contributed by atoms with Gasteiger partial charge in [0.05, 0.1) is 50.8 Å². The fourth-order valence-electron chi connectivity index (χ4n) is 5.56.